The van der Waals surface area contributed by atoms with E-state index in [4.69, 9.17) is 0 Å². The molecule has 0 aromatic heterocycles. The summed E-state index contributed by atoms with van der Waals surface area (Å²) in [7, 11) is 0. The molecule has 0 aliphatic carbocycles. The van der Waals surface area contributed by atoms with Gasteiger partial charge in [-0.1, -0.05) is 6.58 Å². The summed E-state index contributed by atoms with van der Waals surface area (Å²) in [5.41, 5.74) is 0. The van der Waals surface area contributed by atoms with Gasteiger partial charge >= 0.3 is 23.9 Å². The summed E-state index contributed by atoms with van der Waals surface area (Å²) < 4.78 is 112. The Labute approximate surface area is 112 Å². The molecule has 0 heterocycles. The van der Waals surface area contributed by atoms with Crippen LogP contribution < -0.4 is 0 Å². The number of nitrogens with zero attached hydrogens (tertiary/aromatic N) is 1. The number of hydrogen-bond donors (Lipinski definition) is 0. The molecule has 0 bridgehead atoms. The molecule has 0 radical (unpaired) electrons. The first-order valence-corrected chi connectivity index (χ1v) is 5.10. The average molecular weight is 329 g/mol. The van der Waals surface area contributed by atoms with E-state index in [-0.39, 0.29) is 0 Å². The molecule has 0 spiro atoms. The Morgan fingerprint density at radius 2 is 1.43 bits per heavy atom. The van der Waals surface area contributed by atoms with Crippen LogP contribution >= 0.6 is 0 Å². The molecular weight excluding hydrogens is 321 g/mol. The Hall–Kier alpha value is -1.55. The number of hydrogen-bond acceptors (Lipinski definition) is 1. The van der Waals surface area contributed by atoms with Gasteiger partial charge in [-0.3, -0.25) is 4.79 Å². The zero-order valence-electron chi connectivity index (χ0n) is 10.0. The van der Waals surface area contributed by atoms with Crippen LogP contribution in [-0.4, -0.2) is 36.1 Å². The van der Waals surface area contributed by atoms with Gasteiger partial charge in [0, 0.05) is 12.6 Å². The first-order valence-electron chi connectivity index (χ1n) is 5.10. The zero-order valence-corrected chi connectivity index (χ0v) is 10.0. The summed E-state index contributed by atoms with van der Waals surface area (Å²) in [6, 6.07) is 0. The molecule has 0 aromatic carbocycles. The van der Waals surface area contributed by atoms with Gasteiger partial charge in [-0.25, -0.2) is 4.99 Å². The summed E-state index contributed by atoms with van der Waals surface area (Å²) >= 11 is 0. The fraction of sp³-hybridized carbons (Fsp3) is 0.600. The fourth-order valence-electron chi connectivity index (χ4n) is 1.02. The Morgan fingerprint density at radius 3 is 1.81 bits per heavy atom. The number of carbonyl (C=O) groups is 1. The van der Waals surface area contributed by atoms with Crippen LogP contribution in [-0.2, 0) is 4.79 Å². The maximum atomic E-state index is 12.9. The van der Waals surface area contributed by atoms with E-state index < -0.39 is 42.7 Å². The van der Waals surface area contributed by atoms with Crippen molar-refractivity contribution in [3.8, 4) is 0 Å². The maximum absolute atomic E-state index is 12.9. The van der Waals surface area contributed by atoms with Gasteiger partial charge in [0.2, 0.25) is 0 Å². The second kappa shape index (κ2) is 6.06. The molecule has 0 aliphatic heterocycles. The minimum Gasteiger partial charge on any atom is -0.268 e. The molecule has 0 atom stereocenters. The highest BCUT2D eigenvalue weighted by atomic mass is 19.4. The monoisotopic (exact) mass is 329 g/mol. The standard InChI is InChI=1S/C10H8F9NO/c1-2-6(21)20-5-3-4-7(11,12)8(13,14)9(15,16)10(17,18)19/h2,5H,1,3-4H2. The molecule has 11 heteroatoms. The van der Waals surface area contributed by atoms with Crippen LogP contribution in [0.25, 0.3) is 0 Å². The van der Waals surface area contributed by atoms with Crippen molar-refractivity contribution in [2.45, 2.75) is 36.8 Å². The van der Waals surface area contributed by atoms with E-state index in [0.29, 0.717) is 12.3 Å². The highest BCUT2D eigenvalue weighted by molar-refractivity contribution is 5.93. The summed E-state index contributed by atoms with van der Waals surface area (Å²) in [6.07, 6.45) is -8.98. The predicted octanol–water partition coefficient (Wildman–Crippen LogP) is 4.02. The van der Waals surface area contributed by atoms with Crippen LogP contribution in [0.5, 0.6) is 0 Å². The van der Waals surface area contributed by atoms with Gasteiger partial charge in [0.05, 0.1) is 0 Å². The van der Waals surface area contributed by atoms with Crippen molar-refractivity contribution in [1.82, 2.24) is 0 Å². The lowest BCUT2D eigenvalue weighted by molar-refractivity contribution is -0.396. The first kappa shape index (κ1) is 19.4. The third-order valence-corrected chi connectivity index (χ3v) is 2.19. The van der Waals surface area contributed by atoms with Gasteiger partial charge in [-0.2, -0.15) is 39.5 Å². The molecule has 0 fully saturated rings. The summed E-state index contributed by atoms with van der Waals surface area (Å²) in [4.78, 5) is 13.4. The fourth-order valence-corrected chi connectivity index (χ4v) is 1.02. The van der Waals surface area contributed by atoms with Gasteiger partial charge in [0.1, 0.15) is 0 Å². The van der Waals surface area contributed by atoms with Crippen LogP contribution in [0.15, 0.2) is 17.6 Å². The van der Waals surface area contributed by atoms with Crippen molar-refractivity contribution in [2.24, 2.45) is 4.99 Å². The number of rotatable bonds is 6. The molecule has 1 amide bonds. The second-order valence-electron chi connectivity index (χ2n) is 3.74. The highest BCUT2D eigenvalue weighted by Crippen LogP contribution is 2.54. The van der Waals surface area contributed by atoms with Crippen LogP contribution in [0.1, 0.15) is 12.8 Å². The summed E-state index contributed by atoms with van der Waals surface area (Å²) in [5.74, 6) is -20.2. The third kappa shape index (κ3) is 3.97. The quantitative estimate of drug-likeness (QED) is 0.411. The minimum absolute atomic E-state index is 0.389. The lowest BCUT2D eigenvalue weighted by Crippen LogP contribution is -2.60. The van der Waals surface area contributed by atoms with Crippen LogP contribution in [0.3, 0.4) is 0 Å². The van der Waals surface area contributed by atoms with Crippen LogP contribution in [0, 0.1) is 0 Å². The minimum atomic E-state index is -6.91. The van der Waals surface area contributed by atoms with Gasteiger partial charge < -0.3 is 0 Å². The molecular formula is C10H8F9NO. The van der Waals surface area contributed by atoms with Crippen molar-refractivity contribution in [1.29, 1.82) is 0 Å². The Bertz CT molecular complexity index is 425. The molecule has 21 heavy (non-hydrogen) atoms. The second-order valence-corrected chi connectivity index (χ2v) is 3.74. The van der Waals surface area contributed by atoms with Crippen molar-refractivity contribution in [2.75, 3.05) is 0 Å². The maximum Gasteiger partial charge on any atom is 0.460 e. The van der Waals surface area contributed by atoms with E-state index in [2.05, 4.69) is 11.6 Å². The van der Waals surface area contributed by atoms with E-state index in [9.17, 15) is 44.3 Å². The largest absolute Gasteiger partial charge is 0.460 e. The molecule has 0 saturated carbocycles. The molecule has 0 rings (SSSR count). The van der Waals surface area contributed by atoms with Crippen molar-refractivity contribution >= 4 is 12.1 Å². The van der Waals surface area contributed by atoms with E-state index >= 15 is 0 Å². The van der Waals surface area contributed by atoms with Crippen LogP contribution in [0.2, 0.25) is 0 Å². The number of halogens is 9. The Balaban J connectivity index is 5.09. The normalized spacial score (nSPS) is 14.5. The van der Waals surface area contributed by atoms with Gasteiger partial charge in [0.25, 0.3) is 5.91 Å². The van der Waals surface area contributed by atoms with Gasteiger partial charge in [0.15, 0.2) is 0 Å². The number of amides is 1. The van der Waals surface area contributed by atoms with Gasteiger partial charge in [-0.15, -0.1) is 0 Å². The van der Waals surface area contributed by atoms with Crippen LogP contribution in [0.4, 0.5) is 39.5 Å². The summed E-state index contributed by atoms with van der Waals surface area (Å²) in [6.45, 7) is 2.93. The van der Waals surface area contributed by atoms with Gasteiger partial charge in [-0.05, 0) is 12.5 Å². The van der Waals surface area contributed by atoms with E-state index in [0.717, 1.165) is 0 Å². The van der Waals surface area contributed by atoms with E-state index in [1.807, 2.05) is 0 Å². The van der Waals surface area contributed by atoms with E-state index in [1.165, 1.54) is 0 Å². The predicted molar refractivity (Wildman–Crippen MR) is 53.8 cm³/mol. The highest BCUT2D eigenvalue weighted by Gasteiger charge is 2.81. The van der Waals surface area contributed by atoms with Crippen molar-refractivity contribution in [3.63, 3.8) is 0 Å². The zero-order chi connectivity index (χ0) is 17.1. The Morgan fingerprint density at radius 1 is 0.952 bits per heavy atom. The molecule has 0 N–H and O–H groups in total. The molecule has 0 aliphatic rings. The topological polar surface area (TPSA) is 29.4 Å². The average Bonchev–Trinajstić information content (AvgIpc) is 2.32. The van der Waals surface area contributed by atoms with Crippen molar-refractivity contribution in [3.05, 3.63) is 12.7 Å². The number of alkyl halides is 9. The number of carbonyl (C=O) groups excluding carboxylic acids is 1. The molecule has 0 unspecified atom stereocenters. The molecule has 2 nitrogen and oxygen atoms in total. The lowest BCUT2D eigenvalue weighted by Gasteiger charge is -2.33. The Kier molecular flexibility index (Phi) is 5.61. The SMILES string of the molecule is C=CC(=O)N=CCCC(F)(F)C(F)(F)C(F)(F)C(F)(F)F. The molecule has 0 aromatic rings. The smallest absolute Gasteiger partial charge is 0.268 e. The molecule has 122 valence electrons. The third-order valence-electron chi connectivity index (χ3n) is 2.19. The first-order chi connectivity index (χ1) is 9.20. The lowest BCUT2D eigenvalue weighted by atomic mass is 10.00. The molecule has 0 saturated heterocycles. The van der Waals surface area contributed by atoms with E-state index in [1.54, 1.807) is 0 Å². The summed E-state index contributed by atoms with van der Waals surface area (Å²) in [5, 5.41) is 0. The number of aliphatic imine (C=N–C) groups is 1. The van der Waals surface area contributed by atoms with Crippen molar-refractivity contribution < 1.29 is 44.3 Å².